The zero-order chi connectivity index (χ0) is 23.8. The molecule has 0 aliphatic heterocycles. The van der Waals surface area contributed by atoms with Crippen molar-refractivity contribution in [3.8, 4) is 0 Å². The zero-order valence-electron chi connectivity index (χ0n) is 18.8. The summed E-state index contributed by atoms with van der Waals surface area (Å²) in [5, 5.41) is 2.55. The summed E-state index contributed by atoms with van der Waals surface area (Å²) in [6.45, 7) is 7.42. The van der Waals surface area contributed by atoms with Crippen LogP contribution in [0.5, 0.6) is 0 Å². The average Bonchev–Trinajstić information content (AvgIpc) is 3.10. The van der Waals surface area contributed by atoms with Gasteiger partial charge in [0, 0.05) is 45.1 Å². The summed E-state index contributed by atoms with van der Waals surface area (Å²) >= 11 is 14.1. The van der Waals surface area contributed by atoms with Gasteiger partial charge in [0.05, 0.1) is 5.03 Å². The highest BCUT2D eigenvalue weighted by Crippen LogP contribution is 2.38. The van der Waals surface area contributed by atoms with Crippen molar-refractivity contribution in [2.24, 2.45) is 0 Å². The maximum Gasteiger partial charge on any atom is 0.150 e. The third-order valence-electron chi connectivity index (χ3n) is 4.98. The summed E-state index contributed by atoms with van der Waals surface area (Å²) in [5.74, 6) is 0.439. The van der Waals surface area contributed by atoms with Crippen LogP contribution in [0, 0.1) is 6.92 Å². The van der Waals surface area contributed by atoms with Gasteiger partial charge in [0.15, 0.2) is 0 Å². The van der Waals surface area contributed by atoms with Crippen LogP contribution in [-0.2, 0) is 6.54 Å². The molecule has 2 heterocycles. The van der Waals surface area contributed by atoms with E-state index >= 15 is 0 Å². The average molecular weight is 497 g/mol. The van der Waals surface area contributed by atoms with Gasteiger partial charge >= 0.3 is 0 Å². The minimum Gasteiger partial charge on any atom is -0.335 e. The molecule has 170 valence electrons. The van der Waals surface area contributed by atoms with Crippen molar-refractivity contribution in [2.75, 3.05) is 0 Å². The van der Waals surface area contributed by atoms with Crippen molar-refractivity contribution in [1.29, 1.82) is 0 Å². The molecule has 0 radical (unpaired) electrons. The molecular formula is C27H26Cl2N2OS. The van der Waals surface area contributed by atoms with Crippen molar-refractivity contribution in [3.63, 3.8) is 0 Å². The van der Waals surface area contributed by atoms with Crippen LogP contribution in [0.3, 0.4) is 0 Å². The molecule has 0 aliphatic carbocycles. The Morgan fingerprint density at radius 1 is 0.970 bits per heavy atom. The normalized spacial score (nSPS) is 10.6. The van der Waals surface area contributed by atoms with Crippen molar-refractivity contribution in [2.45, 2.75) is 43.2 Å². The number of nitrogens with zero attached hydrogens (tertiary/aromatic N) is 2. The molecule has 0 saturated heterocycles. The van der Waals surface area contributed by atoms with Gasteiger partial charge in [-0.15, -0.1) is 0 Å². The number of carbonyl (C=O) groups is 1. The summed E-state index contributed by atoms with van der Waals surface area (Å²) < 4.78 is 2.35. The number of aromatic nitrogens is 2. The first-order chi connectivity index (χ1) is 15.9. The van der Waals surface area contributed by atoms with E-state index in [9.17, 15) is 4.79 Å². The van der Waals surface area contributed by atoms with Gasteiger partial charge in [0.1, 0.15) is 6.29 Å². The summed E-state index contributed by atoms with van der Waals surface area (Å²) in [6, 6.07) is 21.2. The monoisotopic (exact) mass is 496 g/mol. The third kappa shape index (κ3) is 7.23. The molecule has 2 aromatic carbocycles. The van der Waals surface area contributed by atoms with E-state index in [2.05, 4.69) is 48.5 Å². The molecule has 3 nitrogen and oxygen atoms in total. The van der Waals surface area contributed by atoms with Crippen molar-refractivity contribution >= 4 is 41.2 Å². The Balaban J connectivity index is 0.000000323. The summed E-state index contributed by atoms with van der Waals surface area (Å²) in [4.78, 5) is 15.2. The van der Waals surface area contributed by atoms with E-state index in [-0.39, 0.29) is 0 Å². The van der Waals surface area contributed by atoms with Crippen LogP contribution >= 0.6 is 35.0 Å². The standard InChI is InChI=1S/C20H20Cl2N2S.C7H6O/c1-13(2)19-8-14(3)24(12-15-4-6-23-7-5-15)20(19)25-18-10-16(21)9-17(22)11-18;8-6-7-4-2-1-3-5-7/h4-11,13H,12H2,1-3H3;1-6H. The van der Waals surface area contributed by atoms with Crippen LogP contribution in [0.2, 0.25) is 10.0 Å². The molecule has 0 amide bonds. The van der Waals surface area contributed by atoms with E-state index in [0.717, 1.165) is 23.3 Å². The molecule has 2 aromatic heterocycles. The first-order valence-corrected chi connectivity index (χ1v) is 12.2. The smallest absolute Gasteiger partial charge is 0.150 e. The number of aryl methyl sites for hydroxylation is 1. The Bertz CT molecular complexity index is 1170. The van der Waals surface area contributed by atoms with Crippen LogP contribution in [0.1, 0.15) is 46.9 Å². The quantitative estimate of drug-likeness (QED) is 0.251. The lowest BCUT2D eigenvalue weighted by atomic mass is 10.1. The molecule has 0 aliphatic rings. The molecule has 0 N–H and O–H groups in total. The highest BCUT2D eigenvalue weighted by Gasteiger charge is 2.17. The number of hydrogen-bond donors (Lipinski definition) is 0. The van der Waals surface area contributed by atoms with E-state index in [0.29, 0.717) is 16.0 Å². The van der Waals surface area contributed by atoms with Crippen LogP contribution in [0.4, 0.5) is 0 Å². The summed E-state index contributed by atoms with van der Waals surface area (Å²) in [5.41, 5.74) is 4.55. The van der Waals surface area contributed by atoms with Gasteiger partial charge in [-0.05, 0) is 60.4 Å². The van der Waals surface area contributed by atoms with E-state index in [1.54, 1.807) is 30.0 Å². The van der Waals surface area contributed by atoms with E-state index in [4.69, 9.17) is 23.2 Å². The molecule has 4 aromatic rings. The lowest BCUT2D eigenvalue weighted by Crippen LogP contribution is -2.04. The van der Waals surface area contributed by atoms with Crippen LogP contribution < -0.4 is 0 Å². The second kappa shape index (κ2) is 12.1. The lowest BCUT2D eigenvalue weighted by molar-refractivity contribution is 0.112. The van der Waals surface area contributed by atoms with Gasteiger partial charge in [-0.25, -0.2) is 0 Å². The minimum atomic E-state index is 0.439. The molecule has 0 bridgehead atoms. The molecule has 0 saturated carbocycles. The number of hydrogen-bond acceptors (Lipinski definition) is 3. The number of benzene rings is 2. The molecule has 0 unspecified atom stereocenters. The van der Waals surface area contributed by atoms with Gasteiger partial charge in [0.2, 0.25) is 0 Å². The predicted octanol–water partition coefficient (Wildman–Crippen LogP) is 8.32. The SMILES string of the molecule is Cc1cc(C(C)C)c(Sc2cc(Cl)cc(Cl)c2)n1Cc1ccncc1.O=Cc1ccccc1. The van der Waals surface area contributed by atoms with E-state index in [1.165, 1.54) is 21.8 Å². The first kappa shape index (κ1) is 25.1. The number of aldehydes is 1. The topological polar surface area (TPSA) is 34.9 Å². The Hall–Kier alpha value is -2.53. The number of halogens is 2. The Labute approximate surface area is 209 Å². The number of carbonyl (C=O) groups excluding carboxylic acids is 1. The third-order valence-corrected chi connectivity index (χ3v) is 6.54. The second-order valence-corrected chi connectivity index (χ2v) is 9.81. The van der Waals surface area contributed by atoms with Crippen LogP contribution in [-0.4, -0.2) is 15.8 Å². The predicted molar refractivity (Wildman–Crippen MR) is 139 cm³/mol. The largest absolute Gasteiger partial charge is 0.335 e. The maximum atomic E-state index is 10.0. The fourth-order valence-electron chi connectivity index (χ4n) is 3.31. The van der Waals surface area contributed by atoms with Gasteiger partial charge < -0.3 is 4.57 Å². The lowest BCUT2D eigenvalue weighted by Gasteiger charge is -2.14. The highest BCUT2D eigenvalue weighted by atomic mass is 35.5. The van der Waals surface area contributed by atoms with Crippen LogP contribution in [0.15, 0.2) is 89.0 Å². The molecular weight excluding hydrogens is 471 g/mol. The van der Waals surface area contributed by atoms with Gasteiger partial charge in [-0.3, -0.25) is 9.78 Å². The van der Waals surface area contributed by atoms with E-state index < -0.39 is 0 Å². The summed E-state index contributed by atoms with van der Waals surface area (Å²) in [6.07, 6.45) is 4.50. The molecule has 4 rings (SSSR count). The van der Waals surface area contributed by atoms with E-state index in [1.807, 2.05) is 42.7 Å². The zero-order valence-corrected chi connectivity index (χ0v) is 21.2. The molecule has 0 spiro atoms. The van der Waals surface area contributed by atoms with Crippen LogP contribution in [0.25, 0.3) is 0 Å². The van der Waals surface area contributed by atoms with Crippen molar-refractivity contribution in [3.05, 3.63) is 112 Å². The fraction of sp³-hybridized carbons (Fsp3) is 0.185. The molecule has 33 heavy (non-hydrogen) atoms. The Kier molecular flexibility index (Phi) is 9.19. The van der Waals surface area contributed by atoms with Gasteiger partial charge in [0.25, 0.3) is 0 Å². The number of pyridine rings is 1. The number of rotatable bonds is 6. The maximum absolute atomic E-state index is 10.0. The van der Waals surface area contributed by atoms with Crippen molar-refractivity contribution < 1.29 is 4.79 Å². The molecule has 0 atom stereocenters. The van der Waals surface area contributed by atoms with Gasteiger partial charge in [-0.1, -0.05) is 79.1 Å². The summed E-state index contributed by atoms with van der Waals surface area (Å²) in [7, 11) is 0. The molecule has 0 fully saturated rings. The highest BCUT2D eigenvalue weighted by molar-refractivity contribution is 7.99. The minimum absolute atomic E-state index is 0.439. The molecule has 6 heteroatoms. The fourth-order valence-corrected chi connectivity index (χ4v) is 5.29. The second-order valence-electron chi connectivity index (χ2n) is 7.88. The van der Waals surface area contributed by atoms with Gasteiger partial charge in [-0.2, -0.15) is 0 Å². The van der Waals surface area contributed by atoms with Crippen molar-refractivity contribution in [1.82, 2.24) is 9.55 Å². The first-order valence-electron chi connectivity index (χ1n) is 10.6. The Morgan fingerprint density at radius 2 is 1.61 bits per heavy atom. The Morgan fingerprint density at radius 3 is 2.15 bits per heavy atom.